The third-order valence-corrected chi connectivity index (χ3v) is 2.55. The van der Waals surface area contributed by atoms with Crippen molar-refractivity contribution in [3.63, 3.8) is 0 Å². The van der Waals surface area contributed by atoms with Gasteiger partial charge in [-0.1, -0.05) is 18.7 Å². The molecule has 0 saturated carbocycles. The summed E-state index contributed by atoms with van der Waals surface area (Å²) < 4.78 is 0. The van der Waals surface area contributed by atoms with Crippen molar-refractivity contribution >= 4 is 16.9 Å². The van der Waals surface area contributed by atoms with Gasteiger partial charge in [-0.15, -0.1) is 0 Å². The number of hydrogen-bond acceptors (Lipinski definition) is 2. The molecule has 0 aliphatic carbocycles. The molecule has 0 fully saturated rings. The average molecular weight is 229 g/mol. The quantitative estimate of drug-likeness (QED) is 0.793. The number of nitrogens with one attached hydrogen (secondary N) is 2. The van der Waals surface area contributed by atoms with E-state index in [-0.39, 0.29) is 11.9 Å². The second-order valence-corrected chi connectivity index (χ2v) is 4.11. The summed E-state index contributed by atoms with van der Waals surface area (Å²) in [7, 11) is 0. The van der Waals surface area contributed by atoms with Crippen LogP contribution in [0.3, 0.4) is 0 Å². The summed E-state index contributed by atoms with van der Waals surface area (Å²) in [6.45, 7) is 7.17. The first-order valence-corrected chi connectivity index (χ1v) is 5.49. The number of benzene rings is 1. The molecular formula is C13H15N3O. The number of imidazole rings is 1. The SMILES string of the molecule is C=C(C)C(=O)NC(C)c1nc2ccccc2[nH]1. The number of carbonyl (C=O) groups excluding carboxylic acids is 1. The predicted molar refractivity (Wildman–Crippen MR) is 67.5 cm³/mol. The fourth-order valence-electron chi connectivity index (χ4n) is 1.57. The van der Waals surface area contributed by atoms with Crippen molar-refractivity contribution in [1.29, 1.82) is 0 Å². The van der Waals surface area contributed by atoms with Crippen molar-refractivity contribution in [2.75, 3.05) is 0 Å². The lowest BCUT2D eigenvalue weighted by Gasteiger charge is -2.10. The molecule has 4 heteroatoms. The number of carbonyl (C=O) groups is 1. The van der Waals surface area contributed by atoms with E-state index >= 15 is 0 Å². The van der Waals surface area contributed by atoms with E-state index < -0.39 is 0 Å². The molecule has 1 aromatic carbocycles. The summed E-state index contributed by atoms with van der Waals surface area (Å²) in [4.78, 5) is 19.1. The highest BCUT2D eigenvalue weighted by molar-refractivity contribution is 5.92. The minimum absolute atomic E-state index is 0.155. The first kappa shape index (κ1) is 11.4. The fourth-order valence-corrected chi connectivity index (χ4v) is 1.57. The lowest BCUT2D eigenvalue weighted by atomic mass is 10.2. The van der Waals surface area contributed by atoms with Gasteiger partial charge in [0.25, 0.3) is 0 Å². The maximum Gasteiger partial charge on any atom is 0.246 e. The molecule has 0 radical (unpaired) electrons. The molecule has 1 amide bonds. The first-order chi connectivity index (χ1) is 8.08. The van der Waals surface area contributed by atoms with Crippen LogP contribution in [0.2, 0.25) is 0 Å². The maximum atomic E-state index is 11.5. The zero-order chi connectivity index (χ0) is 12.4. The van der Waals surface area contributed by atoms with Crippen LogP contribution < -0.4 is 5.32 Å². The Morgan fingerprint density at radius 3 is 2.82 bits per heavy atom. The van der Waals surface area contributed by atoms with E-state index in [1.165, 1.54) is 0 Å². The van der Waals surface area contributed by atoms with Crippen LogP contribution in [0.25, 0.3) is 11.0 Å². The van der Waals surface area contributed by atoms with Gasteiger partial charge in [-0.2, -0.15) is 0 Å². The molecule has 1 heterocycles. The van der Waals surface area contributed by atoms with E-state index in [0.717, 1.165) is 16.9 Å². The van der Waals surface area contributed by atoms with Gasteiger partial charge in [0.2, 0.25) is 5.91 Å². The van der Waals surface area contributed by atoms with E-state index in [0.29, 0.717) is 5.57 Å². The lowest BCUT2D eigenvalue weighted by Crippen LogP contribution is -2.27. The Morgan fingerprint density at radius 2 is 2.18 bits per heavy atom. The summed E-state index contributed by atoms with van der Waals surface area (Å²) in [6.07, 6.45) is 0. The standard InChI is InChI=1S/C13H15N3O/c1-8(2)13(17)14-9(3)12-15-10-6-4-5-7-11(10)16-12/h4-7,9H,1H2,2-3H3,(H,14,17)(H,15,16). The molecule has 88 valence electrons. The van der Waals surface area contributed by atoms with E-state index in [1.54, 1.807) is 6.92 Å². The topological polar surface area (TPSA) is 57.8 Å². The number of H-pyrrole nitrogens is 1. The van der Waals surface area contributed by atoms with Crippen molar-refractivity contribution in [2.24, 2.45) is 0 Å². The summed E-state index contributed by atoms with van der Waals surface area (Å²) in [5.74, 6) is 0.596. The van der Waals surface area contributed by atoms with E-state index in [9.17, 15) is 4.79 Å². The van der Waals surface area contributed by atoms with Gasteiger partial charge in [-0.3, -0.25) is 4.79 Å². The van der Waals surface area contributed by atoms with E-state index in [2.05, 4.69) is 21.9 Å². The molecule has 2 rings (SSSR count). The van der Waals surface area contributed by atoms with Crippen molar-refractivity contribution in [1.82, 2.24) is 15.3 Å². The van der Waals surface area contributed by atoms with Gasteiger partial charge in [0, 0.05) is 5.57 Å². The molecule has 0 bridgehead atoms. The van der Waals surface area contributed by atoms with Crippen LogP contribution in [0.4, 0.5) is 0 Å². The highest BCUT2D eigenvalue weighted by atomic mass is 16.1. The number of aromatic amines is 1. The van der Waals surface area contributed by atoms with Gasteiger partial charge >= 0.3 is 0 Å². The van der Waals surface area contributed by atoms with Crippen LogP contribution in [0.1, 0.15) is 25.7 Å². The molecular weight excluding hydrogens is 214 g/mol. The van der Waals surface area contributed by atoms with Crippen LogP contribution in [0.5, 0.6) is 0 Å². The Balaban J connectivity index is 2.22. The minimum atomic E-state index is -0.161. The van der Waals surface area contributed by atoms with Crippen LogP contribution in [0, 0.1) is 0 Å². The van der Waals surface area contributed by atoms with E-state index in [4.69, 9.17) is 0 Å². The van der Waals surface area contributed by atoms with Crippen molar-refractivity contribution in [3.8, 4) is 0 Å². The van der Waals surface area contributed by atoms with Crippen molar-refractivity contribution in [3.05, 3.63) is 42.2 Å². The molecule has 1 atom stereocenters. The summed E-state index contributed by atoms with van der Waals surface area (Å²) >= 11 is 0. The predicted octanol–water partition coefficient (Wildman–Crippen LogP) is 2.32. The minimum Gasteiger partial charge on any atom is -0.343 e. The van der Waals surface area contributed by atoms with Crippen molar-refractivity contribution in [2.45, 2.75) is 19.9 Å². The molecule has 0 saturated heterocycles. The molecule has 0 aliphatic rings. The van der Waals surface area contributed by atoms with Gasteiger partial charge in [-0.25, -0.2) is 4.98 Å². The Morgan fingerprint density at radius 1 is 1.47 bits per heavy atom. The Kier molecular flexibility index (Phi) is 2.95. The maximum absolute atomic E-state index is 11.5. The summed E-state index contributed by atoms with van der Waals surface area (Å²) in [5, 5.41) is 2.82. The average Bonchev–Trinajstić information content (AvgIpc) is 2.72. The van der Waals surface area contributed by atoms with E-state index in [1.807, 2.05) is 31.2 Å². The van der Waals surface area contributed by atoms with Crippen LogP contribution in [-0.4, -0.2) is 15.9 Å². The number of rotatable bonds is 3. The number of fused-ring (bicyclic) bond motifs is 1. The fraction of sp³-hybridized carbons (Fsp3) is 0.231. The van der Waals surface area contributed by atoms with Crippen LogP contribution >= 0.6 is 0 Å². The smallest absolute Gasteiger partial charge is 0.246 e. The zero-order valence-electron chi connectivity index (χ0n) is 9.95. The molecule has 2 N–H and O–H groups in total. The molecule has 2 aromatic rings. The molecule has 17 heavy (non-hydrogen) atoms. The van der Waals surface area contributed by atoms with Gasteiger partial charge in [0.15, 0.2) is 0 Å². The van der Waals surface area contributed by atoms with Gasteiger partial charge in [0.05, 0.1) is 17.1 Å². The van der Waals surface area contributed by atoms with Crippen LogP contribution in [0.15, 0.2) is 36.4 Å². The monoisotopic (exact) mass is 229 g/mol. The highest BCUT2D eigenvalue weighted by Gasteiger charge is 2.13. The number of para-hydroxylation sites is 2. The highest BCUT2D eigenvalue weighted by Crippen LogP contribution is 2.15. The number of nitrogens with zero attached hydrogens (tertiary/aromatic N) is 1. The molecule has 1 aromatic heterocycles. The molecule has 0 spiro atoms. The summed E-state index contributed by atoms with van der Waals surface area (Å²) in [5.41, 5.74) is 2.37. The normalized spacial score (nSPS) is 12.4. The summed E-state index contributed by atoms with van der Waals surface area (Å²) in [6, 6.07) is 7.61. The van der Waals surface area contributed by atoms with Crippen molar-refractivity contribution < 1.29 is 4.79 Å². The third kappa shape index (κ3) is 2.36. The second-order valence-electron chi connectivity index (χ2n) is 4.11. The first-order valence-electron chi connectivity index (χ1n) is 5.49. The largest absolute Gasteiger partial charge is 0.343 e. The van der Waals surface area contributed by atoms with Gasteiger partial charge in [-0.05, 0) is 26.0 Å². The van der Waals surface area contributed by atoms with Crippen LogP contribution in [-0.2, 0) is 4.79 Å². The lowest BCUT2D eigenvalue weighted by molar-refractivity contribution is -0.118. The molecule has 1 unspecified atom stereocenters. The van der Waals surface area contributed by atoms with Gasteiger partial charge < -0.3 is 10.3 Å². The zero-order valence-corrected chi connectivity index (χ0v) is 9.95. The Bertz CT molecular complexity index is 538. The molecule has 0 aliphatic heterocycles. The Hall–Kier alpha value is -2.10. The molecule has 4 nitrogen and oxygen atoms in total. The number of hydrogen-bond donors (Lipinski definition) is 2. The van der Waals surface area contributed by atoms with Gasteiger partial charge in [0.1, 0.15) is 5.82 Å². The second kappa shape index (κ2) is 4.41. The number of amides is 1. The number of aromatic nitrogens is 2. The third-order valence-electron chi connectivity index (χ3n) is 2.55. The Labute approximate surface area is 99.8 Å².